The van der Waals surface area contributed by atoms with Crippen LogP contribution in [0.5, 0.6) is 0 Å². The Hall–Kier alpha value is -0.270. The van der Waals surface area contributed by atoms with Gasteiger partial charge in [-0.2, -0.15) is 4.58 Å². The number of benzene rings is 1. The van der Waals surface area contributed by atoms with Crippen molar-refractivity contribution >= 4 is 22.6 Å². The molecule has 1 aliphatic heterocycles. The minimum Gasteiger partial charge on any atom is -1.00 e. The molecule has 1 aliphatic rings. The molecule has 0 fully saturated rings. The Bertz CT molecular complexity index is 397. The molecule has 5 heteroatoms. The van der Waals surface area contributed by atoms with Crippen molar-refractivity contribution in [2.24, 2.45) is 5.92 Å². The molecular weight excluding hydrogens is 347 g/mol. The maximum absolute atomic E-state index is 10.2. The van der Waals surface area contributed by atoms with E-state index in [1.54, 1.807) is 11.8 Å². The van der Waals surface area contributed by atoms with Crippen LogP contribution in [0.4, 0.5) is 5.69 Å². The van der Waals surface area contributed by atoms with Crippen molar-refractivity contribution in [3.63, 3.8) is 0 Å². The summed E-state index contributed by atoms with van der Waals surface area (Å²) in [6.45, 7) is 2.87. The summed E-state index contributed by atoms with van der Waals surface area (Å²) in [6.07, 6.45) is 1.56. The van der Waals surface area contributed by atoms with E-state index in [-0.39, 0.29) is 29.9 Å². The third-order valence-electron chi connectivity index (χ3n) is 2.80. The van der Waals surface area contributed by atoms with Crippen molar-refractivity contribution in [2.45, 2.75) is 13.2 Å². The van der Waals surface area contributed by atoms with E-state index in [1.807, 2.05) is 48.1 Å². The molecule has 3 nitrogen and oxygen atoms in total. The fraction of sp³-hybridized carbons (Fsp3) is 0.417. The molecule has 1 aromatic carbocycles. The highest BCUT2D eigenvalue weighted by molar-refractivity contribution is 8.13. The van der Waals surface area contributed by atoms with Crippen LogP contribution in [0.15, 0.2) is 30.3 Å². The number of para-hydroxylation sites is 1. The predicted octanol–water partition coefficient (Wildman–Crippen LogP) is -1.39. The van der Waals surface area contributed by atoms with E-state index < -0.39 is 6.23 Å². The summed E-state index contributed by atoms with van der Waals surface area (Å²) < 4.78 is 1.96. The van der Waals surface area contributed by atoms with Gasteiger partial charge < -0.3 is 29.1 Å². The van der Waals surface area contributed by atoms with Gasteiger partial charge in [-0.1, -0.05) is 25.1 Å². The number of thioether (sulfide) groups is 1. The number of hydrogen-bond acceptors (Lipinski definition) is 3. The molecule has 0 spiro atoms. The quantitative estimate of drug-likeness (QED) is 0.476. The third kappa shape index (κ3) is 3.14. The first kappa shape index (κ1) is 14.8. The van der Waals surface area contributed by atoms with Crippen LogP contribution >= 0.6 is 11.8 Å². The lowest BCUT2D eigenvalue weighted by molar-refractivity contribution is -0.551. The number of nitrogens with zero attached hydrogens (tertiary/aromatic N) is 1. The van der Waals surface area contributed by atoms with E-state index >= 15 is 0 Å². The highest BCUT2D eigenvalue weighted by Crippen LogP contribution is 2.21. The van der Waals surface area contributed by atoms with Crippen molar-refractivity contribution in [2.75, 3.05) is 12.8 Å². The van der Waals surface area contributed by atoms with Crippen LogP contribution in [0, 0.1) is 5.92 Å². The molecule has 0 saturated heterocycles. The topological polar surface area (TPSA) is 35.3 Å². The second-order valence-electron chi connectivity index (χ2n) is 3.99. The zero-order valence-electron chi connectivity index (χ0n) is 9.93. The highest BCUT2D eigenvalue weighted by atomic mass is 127. The summed E-state index contributed by atoms with van der Waals surface area (Å²) in [6, 6.07) is 9.98. The SMILES string of the molecule is CSC1=[N+](c2ccccc2)C(O)C(C)CN1.[I-]. The first-order valence-corrected chi connectivity index (χ1v) is 6.63. The van der Waals surface area contributed by atoms with Crippen LogP contribution in [-0.2, 0) is 0 Å². The molecule has 0 aliphatic carbocycles. The summed E-state index contributed by atoms with van der Waals surface area (Å²) >= 11 is 1.63. The maximum Gasteiger partial charge on any atom is 0.313 e. The van der Waals surface area contributed by atoms with Crippen LogP contribution in [0.25, 0.3) is 0 Å². The molecule has 1 aromatic rings. The minimum absolute atomic E-state index is 0. The minimum atomic E-state index is -0.453. The molecule has 2 rings (SSSR count). The van der Waals surface area contributed by atoms with Crippen LogP contribution < -0.4 is 29.3 Å². The molecule has 2 N–H and O–H groups in total. The van der Waals surface area contributed by atoms with E-state index in [0.717, 1.165) is 17.4 Å². The highest BCUT2D eigenvalue weighted by Gasteiger charge is 2.32. The Kier molecular flexibility index (Phi) is 5.75. The fourth-order valence-electron chi connectivity index (χ4n) is 1.84. The molecule has 2 unspecified atom stereocenters. The summed E-state index contributed by atoms with van der Waals surface area (Å²) in [5.41, 5.74) is 1.03. The van der Waals surface area contributed by atoms with Gasteiger partial charge in [0, 0.05) is 0 Å². The second kappa shape index (κ2) is 6.61. The summed E-state index contributed by atoms with van der Waals surface area (Å²) in [5.74, 6) is 0.219. The summed E-state index contributed by atoms with van der Waals surface area (Å²) in [4.78, 5) is 0. The molecule has 17 heavy (non-hydrogen) atoms. The Morgan fingerprint density at radius 2 is 2.00 bits per heavy atom. The van der Waals surface area contributed by atoms with Crippen LogP contribution in [0.1, 0.15) is 6.92 Å². The van der Waals surface area contributed by atoms with Gasteiger partial charge in [0.1, 0.15) is 5.69 Å². The van der Waals surface area contributed by atoms with Crippen molar-refractivity contribution < 1.29 is 33.7 Å². The zero-order chi connectivity index (χ0) is 11.5. The summed E-state index contributed by atoms with van der Waals surface area (Å²) in [7, 11) is 0. The number of aliphatic hydroxyl groups is 1. The zero-order valence-corrected chi connectivity index (χ0v) is 12.9. The number of nitrogens with one attached hydrogen (secondary N) is 1. The van der Waals surface area contributed by atoms with Gasteiger partial charge in [-0.05, 0) is 30.2 Å². The molecule has 1 heterocycles. The largest absolute Gasteiger partial charge is 1.00 e. The molecule has 2 atom stereocenters. The first-order chi connectivity index (χ1) is 7.74. The van der Waals surface area contributed by atoms with Crippen LogP contribution in [0.2, 0.25) is 0 Å². The van der Waals surface area contributed by atoms with Gasteiger partial charge in [0.05, 0.1) is 12.5 Å². The van der Waals surface area contributed by atoms with Crippen molar-refractivity contribution in [3.05, 3.63) is 30.3 Å². The third-order valence-corrected chi connectivity index (χ3v) is 3.52. The average Bonchev–Trinajstić information content (AvgIpc) is 2.33. The van der Waals surface area contributed by atoms with Crippen LogP contribution in [-0.4, -0.2) is 33.9 Å². The normalized spacial score (nSPS) is 23.9. The molecular formula is C12H17IN2OS. The van der Waals surface area contributed by atoms with Gasteiger partial charge in [0.2, 0.25) is 6.23 Å². The van der Waals surface area contributed by atoms with Gasteiger partial charge in [-0.3, -0.25) is 5.32 Å². The van der Waals surface area contributed by atoms with Gasteiger partial charge in [0.25, 0.3) is 0 Å². The lowest BCUT2D eigenvalue weighted by atomic mass is 10.1. The average molecular weight is 364 g/mol. The van der Waals surface area contributed by atoms with Gasteiger partial charge >= 0.3 is 5.17 Å². The van der Waals surface area contributed by atoms with Crippen molar-refractivity contribution in [3.8, 4) is 0 Å². The van der Waals surface area contributed by atoms with E-state index in [9.17, 15) is 5.11 Å². The monoisotopic (exact) mass is 364 g/mol. The molecule has 0 amide bonds. The fourth-order valence-corrected chi connectivity index (χ4v) is 2.48. The van der Waals surface area contributed by atoms with Gasteiger partial charge in [-0.15, -0.1) is 0 Å². The second-order valence-corrected chi connectivity index (χ2v) is 4.78. The number of aliphatic hydroxyl groups excluding tert-OH is 1. The maximum atomic E-state index is 10.2. The number of amidine groups is 1. The van der Waals surface area contributed by atoms with E-state index in [1.165, 1.54) is 0 Å². The van der Waals surface area contributed by atoms with Crippen molar-refractivity contribution in [1.82, 2.24) is 5.32 Å². The molecule has 0 saturated carbocycles. The first-order valence-electron chi connectivity index (χ1n) is 5.41. The molecule has 94 valence electrons. The van der Waals surface area contributed by atoms with Gasteiger partial charge in [-0.25, -0.2) is 0 Å². The van der Waals surface area contributed by atoms with Gasteiger partial charge in [0.15, 0.2) is 0 Å². The number of rotatable bonds is 1. The van der Waals surface area contributed by atoms with Crippen molar-refractivity contribution in [1.29, 1.82) is 0 Å². The lowest BCUT2D eigenvalue weighted by Crippen LogP contribution is -3.00. The molecule has 0 bridgehead atoms. The number of hydrogen-bond donors (Lipinski definition) is 2. The van der Waals surface area contributed by atoms with E-state index in [4.69, 9.17) is 0 Å². The number of halogens is 1. The van der Waals surface area contributed by atoms with E-state index in [2.05, 4.69) is 5.32 Å². The molecule has 0 radical (unpaired) electrons. The summed E-state index contributed by atoms with van der Waals surface area (Å²) in [5, 5.41) is 14.6. The smallest absolute Gasteiger partial charge is 0.313 e. The predicted molar refractivity (Wildman–Crippen MR) is 68.1 cm³/mol. The standard InChI is InChI=1S/C12H16N2OS.HI/c1-9-8-13-12(16-2)14(11(9)15)10-6-4-3-5-7-10;/h3-7,9,11,15H,8H2,1-2H3;1H. The Labute approximate surface area is 123 Å². The lowest BCUT2D eigenvalue weighted by Gasteiger charge is -2.26. The molecule has 0 aromatic heterocycles. The Balaban J connectivity index is 0.00000144. The Morgan fingerprint density at radius 3 is 2.59 bits per heavy atom. The van der Waals surface area contributed by atoms with Crippen LogP contribution in [0.3, 0.4) is 0 Å². The van der Waals surface area contributed by atoms with E-state index in [0.29, 0.717) is 0 Å². The Morgan fingerprint density at radius 1 is 1.35 bits per heavy atom.